The van der Waals surface area contributed by atoms with Gasteiger partial charge in [0.15, 0.2) is 0 Å². The molecular weight excluding hydrogens is 202 g/mol. The Kier molecular flexibility index (Phi) is 2.36. The summed E-state index contributed by atoms with van der Waals surface area (Å²) in [6.07, 6.45) is 4.68. The van der Waals surface area contributed by atoms with Crippen LogP contribution >= 0.6 is 0 Å². The van der Waals surface area contributed by atoms with Crippen LogP contribution in [0, 0.1) is 5.41 Å². The van der Waals surface area contributed by atoms with Crippen molar-refractivity contribution in [2.75, 3.05) is 19.3 Å². The number of piperidine rings is 1. The van der Waals surface area contributed by atoms with Crippen molar-refractivity contribution in [3.8, 4) is 0 Å². The molecule has 4 nitrogen and oxygen atoms in total. The van der Waals surface area contributed by atoms with Crippen LogP contribution in [0.2, 0.25) is 0 Å². The zero-order chi connectivity index (χ0) is 10.4. The predicted molar refractivity (Wildman–Crippen MR) is 53.3 cm³/mol. The highest BCUT2D eigenvalue weighted by Crippen LogP contribution is 2.49. The molecule has 0 amide bonds. The van der Waals surface area contributed by atoms with Crippen LogP contribution in [0.5, 0.6) is 0 Å². The van der Waals surface area contributed by atoms with Crippen molar-refractivity contribution in [2.24, 2.45) is 5.41 Å². The molecule has 5 heteroatoms. The van der Waals surface area contributed by atoms with Gasteiger partial charge in [0.25, 0.3) is 0 Å². The minimum atomic E-state index is -3.00. The Bertz CT molecular complexity index is 309. The highest BCUT2D eigenvalue weighted by atomic mass is 32.2. The van der Waals surface area contributed by atoms with Gasteiger partial charge >= 0.3 is 0 Å². The number of nitrogens with zero attached hydrogens (tertiary/aromatic N) is 1. The van der Waals surface area contributed by atoms with Crippen LogP contribution in [0.15, 0.2) is 0 Å². The third kappa shape index (κ3) is 1.81. The van der Waals surface area contributed by atoms with Crippen LogP contribution in [-0.2, 0) is 10.0 Å². The molecule has 0 aromatic heterocycles. The topological polar surface area (TPSA) is 57.6 Å². The maximum atomic E-state index is 11.2. The van der Waals surface area contributed by atoms with Gasteiger partial charge in [-0.3, -0.25) is 0 Å². The summed E-state index contributed by atoms with van der Waals surface area (Å²) in [7, 11) is -3.00. The first-order chi connectivity index (χ1) is 6.41. The predicted octanol–water partition coefficient (Wildman–Crippen LogP) is 0.183. The molecule has 1 saturated carbocycles. The fraction of sp³-hybridized carbons (Fsp3) is 1.00. The molecule has 2 rings (SSSR count). The molecule has 0 aromatic rings. The van der Waals surface area contributed by atoms with Crippen molar-refractivity contribution in [2.45, 2.75) is 31.8 Å². The van der Waals surface area contributed by atoms with E-state index >= 15 is 0 Å². The highest BCUT2D eigenvalue weighted by molar-refractivity contribution is 7.88. The summed E-state index contributed by atoms with van der Waals surface area (Å²) < 4.78 is 24.0. The maximum Gasteiger partial charge on any atom is 0.211 e. The normalized spacial score (nSPS) is 29.0. The molecule has 1 aliphatic heterocycles. The minimum Gasteiger partial charge on any atom is -0.393 e. The van der Waals surface area contributed by atoms with Crippen molar-refractivity contribution in [1.82, 2.24) is 4.31 Å². The standard InChI is InChI=1S/C9H17NO3S/c1-14(12,13)10-4-2-9(3-5-10)6-8(11)7-9/h8,11H,2-7H2,1H3. The lowest BCUT2D eigenvalue weighted by Crippen LogP contribution is -2.50. The van der Waals surface area contributed by atoms with E-state index in [0.29, 0.717) is 13.1 Å². The Morgan fingerprint density at radius 2 is 1.79 bits per heavy atom. The summed E-state index contributed by atoms with van der Waals surface area (Å²) in [5.41, 5.74) is 0.264. The number of aliphatic hydroxyl groups is 1. The highest BCUT2D eigenvalue weighted by Gasteiger charge is 2.46. The van der Waals surface area contributed by atoms with Gasteiger partial charge < -0.3 is 5.11 Å². The van der Waals surface area contributed by atoms with Gasteiger partial charge in [-0.25, -0.2) is 12.7 Å². The van der Waals surface area contributed by atoms with E-state index in [1.165, 1.54) is 6.26 Å². The molecule has 82 valence electrons. The third-order valence-electron chi connectivity index (χ3n) is 3.59. The molecule has 1 N–H and O–H groups in total. The van der Waals surface area contributed by atoms with Crippen LogP contribution in [-0.4, -0.2) is 43.3 Å². The Morgan fingerprint density at radius 3 is 2.14 bits per heavy atom. The molecule has 2 aliphatic rings. The first-order valence-corrected chi connectivity index (χ1v) is 6.89. The Balaban J connectivity index is 1.93. The number of rotatable bonds is 1. The van der Waals surface area contributed by atoms with Crippen LogP contribution < -0.4 is 0 Å². The second kappa shape index (κ2) is 3.18. The van der Waals surface area contributed by atoms with Gasteiger partial charge in [0, 0.05) is 13.1 Å². The van der Waals surface area contributed by atoms with E-state index in [-0.39, 0.29) is 11.5 Å². The van der Waals surface area contributed by atoms with Gasteiger partial charge in [0.05, 0.1) is 12.4 Å². The van der Waals surface area contributed by atoms with Crippen molar-refractivity contribution >= 4 is 10.0 Å². The molecule has 2 fully saturated rings. The molecule has 14 heavy (non-hydrogen) atoms. The Labute approximate surface area is 85.0 Å². The van der Waals surface area contributed by atoms with E-state index in [2.05, 4.69) is 0 Å². The SMILES string of the molecule is CS(=O)(=O)N1CCC2(CC1)CC(O)C2. The van der Waals surface area contributed by atoms with Gasteiger partial charge in [-0.15, -0.1) is 0 Å². The summed E-state index contributed by atoms with van der Waals surface area (Å²) >= 11 is 0. The number of aliphatic hydroxyl groups excluding tert-OH is 1. The average molecular weight is 219 g/mol. The fourth-order valence-electron chi connectivity index (χ4n) is 2.64. The molecule has 0 atom stereocenters. The second-order valence-electron chi connectivity index (χ2n) is 4.72. The van der Waals surface area contributed by atoms with Gasteiger partial charge in [-0.2, -0.15) is 0 Å². The molecule has 1 saturated heterocycles. The molecule has 0 radical (unpaired) electrons. The second-order valence-corrected chi connectivity index (χ2v) is 6.71. The molecule has 1 aliphatic carbocycles. The van der Waals surface area contributed by atoms with Crippen LogP contribution in [0.1, 0.15) is 25.7 Å². The van der Waals surface area contributed by atoms with Crippen LogP contribution in [0.3, 0.4) is 0 Å². The quantitative estimate of drug-likeness (QED) is 0.684. The lowest BCUT2D eigenvalue weighted by atomic mass is 9.62. The largest absolute Gasteiger partial charge is 0.393 e. The van der Waals surface area contributed by atoms with Gasteiger partial charge in [-0.1, -0.05) is 0 Å². The van der Waals surface area contributed by atoms with E-state index in [0.717, 1.165) is 25.7 Å². The van der Waals surface area contributed by atoms with Gasteiger partial charge in [0.1, 0.15) is 0 Å². The Morgan fingerprint density at radius 1 is 1.29 bits per heavy atom. The zero-order valence-corrected chi connectivity index (χ0v) is 9.26. The van der Waals surface area contributed by atoms with E-state index in [1.807, 2.05) is 0 Å². The van der Waals surface area contributed by atoms with Crippen molar-refractivity contribution in [3.05, 3.63) is 0 Å². The average Bonchev–Trinajstić information content (AvgIpc) is 2.01. The van der Waals surface area contributed by atoms with Crippen molar-refractivity contribution in [3.63, 3.8) is 0 Å². The molecule has 0 bridgehead atoms. The lowest BCUT2D eigenvalue weighted by molar-refractivity contribution is -0.0585. The first kappa shape index (κ1) is 10.4. The third-order valence-corrected chi connectivity index (χ3v) is 4.89. The van der Waals surface area contributed by atoms with E-state index < -0.39 is 10.0 Å². The summed E-state index contributed by atoms with van der Waals surface area (Å²) in [6.45, 7) is 1.26. The lowest BCUT2D eigenvalue weighted by Gasteiger charge is -2.50. The molecule has 0 aromatic carbocycles. The van der Waals surface area contributed by atoms with E-state index in [4.69, 9.17) is 0 Å². The number of hydrogen-bond acceptors (Lipinski definition) is 3. The van der Waals surface area contributed by atoms with Gasteiger partial charge in [0.2, 0.25) is 10.0 Å². The van der Waals surface area contributed by atoms with Crippen LogP contribution in [0.25, 0.3) is 0 Å². The zero-order valence-electron chi connectivity index (χ0n) is 8.44. The monoisotopic (exact) mass is 219 g/mol. The molecule has 1 heterocycles. The molecule has 1 spiro atoms. The minimum absolute atomic E-state index is 0.139. The van der Waals surface area contributed by atoms with Crippen molar-refractivity contribution in [1.29, 1.82) is 0 Å². The van der Waals surface area contributed by atoms with Crippen molar-refractivity contribution < 1.29 is 13.5 Å². The summed E-state index contributed by atoms with van der Waals surface area (Å²) in [6, 6.07) is 0. The van der Waals surface area contributed by atoms with E-state index in [1.54, 1.807) is 4.31 Å². The summed E-state index contributed by atoms with van der Waals surface area (Å²) in [5.74, 6) is 0. The maximum absolute atomic E-state index is 11.2. The van der Waals surface area contributed by atoms with Gasteiger partial charge in [-0.05, 0) is 31.1 Å². The molecule has 0 unspecified atom stereocenters. The first-order valence-electron chi connectivity index (χ1n) is 5.05. The number of sulfonamides is 1. The molecular formula is C9H17NO3S. The van der Waals surface area contributed by atoms with E-state index in [9.17, 15) is 13.5 Å². The Hall–Kier alpha value is -0.130. The van der Waals surface area contributed by atoms with Crippen LogP contribution in [0.4, 0.5) is 0 Å². The summed E-state index contributed by atoms with van der Waals surface area (Å²) in [5, 5.41) is 9.26. The fourth-order valence-corrected chi connectivity index (χ4v) is 3.49. The summed E-state index contributed by atoms with van der Waals surface area (Å²) in [4.78, 5) is 0. The smallest absolute Gasteiger partial charge is 0.211 e. The number of hydrogen-bond donors (Lipinski definition) is 1.